The molecule has 26 heavy (non-hydrogen) atoms. The van der Waals surface area contributed by atoms with Crippen molar-refractivity contribution in [1.82, 2.24) is 19.9 Å². The molecule has 0 atom stereocenters. The maximum absolute atomic E-state index is 12.5. The van der Waals surface area contributed by atoms with Crippen LogP contribution in [-0.2, 0) is 4.79 Å². The number of likely N-dealkylation sites (tertiary alicyclic amines) is 1. The first-order chi connectivity index (χ1) is 12.6. The summed E-state index contributed by atoms with van der Waals surface area (Å²) in [6, 6.07) is 9.79. The molecule has 3 aromatic rings. The lowest BCUT2D eigenvalue weighted by atomic mass is 10.0. The molecule has 3 N–H and O–H groups in total. The third-order valence-corrected chi connectivity index (χ3v) is 4.89. The number of aromatic nitrogens is 3. The molecule has 0 bridgehead atoms. The van der Waals surface area contributed by atoms with Crippen molar-refractivity contribution in [1.29, 1.82) is 0 Å². The van der Waals surface area contributed by atoms with Crippen LogP contribution in [0.2, 0.25) is 0 Å². The van der Waals surface area contributed by atoms with Crippen LogP contribution in [0, 0.1) is 0 Å². The van der Waals surface area contributed by atoms with Gasteiger partial charge in [-0.2, -0.15) is 0 Å². The summed E-state index contributed by atoms with van der Waals surface area (Å²) in [7, 11) is 0. The minimum Gasteiger partial charge on any atom is -0.381 e. The molecule has 0 saturated carbocycles. The number of imidazole rings is 1. The van der Waals surface area contributed by atoms with Crippen molar-refractivity contribution in [3.05, 3.63) is 46.9 Å². The predicted octanol–water partition coefficient (Wildman–Crippen LogP) is 2.34. The smallest absolute Gasteiger partial charge is 0.261 e. The topological polar surface area (TPSA) is 93.9 Å². The van der Waals surface area contributed by atoms with Crippen LogP contribution in [0.1, 0.15) is 19.8 Å². The minimum absolute atomic E-state index is 0.113. The molecule has 3 heterocycles. The predicted molar refractivity (Wildman–Crippen MR) is 101 cm³/mol. The Bertz CT molecular complexity index is 965. The summed E-state index contributed by atoms with van der Waals surface area (Å²) in [4.78, 5) is 36.4. The number of pyridine rings is 1. The van der Waals surface area contributed by atoms with E-state index in [0.717, 1.165) is 42.7 Å². The second kappa shape index (κ2) is 6.67. The van der Waals surface area contributed by atoms with Crippen molar-refractivity contribution in [2.24, 2.45) is 0 Å². The Morgan fingerprint density at radius 2 is 2.00 bits per heavy atom. The molecule has 2 aromatic heterocycles. The Morgan fingerprint density at radius 3 is 2.73 bits per heavy atom. The van der Waals surface area contributed by atoms with Gasteiger partial charge in [0.25, 0.3) is 5.56 Å². The van der Waals surface area contributed by atoms with Gasteiger partial charge < -0.3 is 20.2 Å². The molecule has 134 valence electrons. The number of nitrogens with one attached hydrogen (secondary N) is 3. The average molecular weight is 351 g/mol. The van der Waals surface area contributed by atoms with E-state index in [-0.39, 0.29) is 17.5 Å². The highest BCUT2D eigenvalue weighted by atomic mass is 16.2. The zero-order chi connectivity index (χ0) is 18.1. The molecule has 4 rings (SSSR count). The molecular weight excluding hydrogens is 330 g/mol. The van der Waals surface area contributed by atoms with Crippen LogP contribution in [0.25, 0.3) is 22.4 Å². The van der Waals surface area contributed by atoms with Gasteiger partial charge in [0, 0.05) is 32.3 Å². The molecule has 1 amide bonds. The number of para-hydroxylation sites is 2. The lowest BCUT2D eigenvalue weighted by Gasteiger charge is -2.32. The summed E-state index contributed by atoms with van der Waals surface area (Å²) in [5, 5.41) is 3.47. The molecule has 1 aliphatic rings. The molecule has 7 heteroatoms. The Labute approximate surface area is 150 Å². The number of benzene rings is 1. The summed E-state index contributed by atoms with van der Waals surface area (Å²) < 4.78 is 0. The highest BCUT2D eigenvalue weighted by molar-refractivity contribution is 5.82. The Balaban J connectivity index is 1.63. The fourth-order valence-electron chi connectivity index (χ4n) is 3.46. The number of amides is 1. The van der Waals surface area contributed by atoms with Crippen molar-refractivity contribution in [2.45, 2.75) is 25.8 Å². The maximum Gasteiger partial charge on any atom is 0.261 e. The van der Waals surface area contributed by atoms with Crippen LogP contribution in [0.4, 0.5) is 5.69 Å². The zero-order valence-corrected chi connectivity index (χ0v) is 14.6. The standard InChI is InChI=1S/C19H21N5O2/c1-12(25)24-10-7-13(8-11-24)21-16-6-9-20-19(26)17(16)18-22-14-4-2-3-5-15(14)23-18/h2-6,9,13H,7-8,10-11H2,1H3,(H,22,23)(H2,20,21,26). The summed E-state index contributed by atoms with van der Waals surface area (Å²) in [5.41, 5.74) is 2.81. The third-order valence-electron chi connectivity index (χ3n) is 4.89. The fourth-order valence-corrected chi connectivity index (χ4v) is 3.46. The highest BCUT2D eigenvalue weighted by Crippen LogP contribution is 2.26. The number of piperidine rings is 1. The fraction of sp³-hybridized carbons (Fsp3) is 0.316. The lowest BCUT2D eigenvalue weighted by molar-refractivity contribution is -0.129. The second-order valence-electron chi connectivity index (χ2n) is 6.62. The number of carbonyl (C=O) groups excluding carboxylic acids is 1. The van der Waals surface area contributed by atoms with E-state index in [1.54, 1.807) is 13.1 Å². The second-order valence-corrected chi connectivity index (χ2v) is 6.62. The largest absolute Gasteiger partial charge is 0.381 e. The van der Waals surface area contributed by atoms with Gasteiger partial charge in [-0.3, -0.25) is 9.59 Å². The van der Waals surface area contributed by atoms with Crippen molar-refractivity contribution in [3.63, 3.8) is 0 Å². The van der Waals surface area contributed by atoms with Gasteiger partial charge in [-0.25, -0.2) is 4.98 Å². The van der Waals surface area contributed by atoms with Crippen LogP contribution in [-0.4, -0.2) is 44.9 Å². The summed E-state index contributed by atoms with van der Waals surface area (Å²) >= 11 is 0. The number of aromatic amines is 2. The number of H-pyrrole nitrogens is 2. The number of hydrogen-bond donors (Lipinski definition) is 3. The Morgan fingerprint density at radius 1 is 1.23 bits per heavy atom. The van der Waals surface area contributed by atoms with E-state index in [9.17, 15) is 9.59 Å². The number of nitrogens with zero attached hydrogens (tertiary/aromatic N) is 2. The van der Waals surface area contributed by atoms with Crippen LogP contribution >= 0.6 is 0 Å². The van der Waals surface area contributed by atoms with Gasteiger partial charge in [0.2, 0.25) is 5.91 Å². The first-order valence-corrected chi connectivity index (χ1v) is 8.80. The van der Waals surface area contributed by atoms with Crippen LogP contribution < -0.4 is 10.9 Å². The quantitative estimate of drug-likeness (QED) is 0.675. The molecule has 0 spiro atoms. The van der Waals surface area contributed by atoms with E-state index < -0.39 is 0 Å². The van der Waals surface area contributed by atoms with Crippen LogP contribution in [0.15, 0.2) is 41.3 Å². The number of rotatable bonds is 3. The van der Waals surface area contributed by atoms with Crippen molar-refractivity contribution < 1.29 is 4.79 Å². The average Bonchev–Trinajstić information content (AvgIpc) is 3.06. The molecule has 0 aliphatic carbocycles. The molecular formula is C19H21N5O2. The monoisotopic (exact) mass is 351 g/mol. The summed E-state index contributed by atoms with van der Waals surface area (Å²) in [5.74, 6) is 0.666. The lowest BCUT2D eigenvalue weighted by Crippen LogP contribution is -2.41. The van der Waals surface area contributed by atoms with E-state index in [4.69, 9.17) is 0 Å². The Hall–Kier alpha value is -3.09. The molecule has 1 saturated heterocycles. The van der Waals surface area contributed by atoms with Gasteiger partial charge in [-0.15, -0.1) is 0 Å². The molecule has 0 unspecified atom stereocenters. The highest BCUT2D eigenvalue weighted by Gasteiger charge is 2.22. The van der Waals surface area contributed by atoms with Gasteiger partial charge >= 0.3 is 0 Å². The number of fused-ring (bicyclic) bond motifs is 1. The summed E-state index contributed by atoms with van der Waals surface area (Å²) in [6.07, 6.45) is 3.35. The maximum atomic E-state index is 12.5. The van der Waals surface area contributed by atoms with E-state index in [2.05, 4.69) is 20.3 Å². The van der Waals surface area contributed by atoms with E-state index in [0.29, 0.717) is 11.4 Å². The molecule has 1 fully saturated rings. The van der Waals surface area contributed by atoms with Crippen LogP contribution in [0.3, 0.4) is 0 Å². The Kier molecular flexibility index (Phi) is 4.20. The first-order valence-electron chi connectivity index (χ1n) is 8.80. The SMILES string of the molecule is CC(=O)N1CCC(Nc2cc[nH]c(=O)c2-c2nc3ccccc3[nH]2)CC1. The van der Waals surface area contributed by atoms with E-state index in [1.165, 1.54) is 0 Å². The van der Waals surface area contributed by atoms with Crippen molar-refractivity contribution in [3.8, 4) is 11.4 Å². The zero-order valence-electron chi connectivity index (χ0n) is 14.6. The first kappa shape index (κ1) is 16.4. The van der Waals surface area contributed by atoms with Crippen LogP contribution in [0.5, 0.6) is 0 Å². The van der Waals surface area contributed by atoms with Crippen molar-refractivity contribution in [2.75, 3.05) is 18.4 Å². The summed E-state index contributed by atoms with van der Waals surface area (Å²) in [6.45, 7) is 3.07. The van der Waals surface area contributed by atoms with E-state index in [1.807, 2.05) is 35.2 Å². The van der Waals surface area contributed by atoms with Gasteiger partial charge in [0.15, 0.2) is 0 Å². The molecule has 1 aliphatic heterocycles. The number of hydrogen-bond acceptors (Lipinski definition) is 4. The molecule has 1 aromatic carbocycles. The molecule has 0 radical (unpaired) electrons. The van der Waals surface area contributed by atoms with Gasteiger partial charge in [-0.1, -0.05) is 12.1 Å². The minimum atomic E-state index is -0.185. The normalized spacial score (nSPS) is 15.3. The number of carbonyl (C=O) groups is 1. The van der Waals surface area contributed by atoms with E-state index >= 15 is 0 Å². The van der Waals surface area contributed by atoms with Crippen molar-refractivity contribution >= 4 is 22.6 Å². The number of anilines is 1. The van der Waals surface area contributed by atoms with Gasteiger partial charge in [-0.05, 0) is 31.0 Å². The van der Waals surface area contributed by atoms with Gasteiger partial charge in [0.05, 0.1) is 16.7 Å². The third kappa shape index (κ3) is 3.08. The van der Waals surface area contributed by atoms with Gasteiger partial charge in [0.1, 0.15) is 11.4 Å². The molecule has 7 nitrogen and oxygen atoms in total.